The first kappa shape index (κ1) is 16.4. The number of nitrogens with zero attached hydrogens (tertiary/aromatic N) is 1. The van der Waals surface area contributed by atoms with Crippen LogP contribution in [-0.2, 0) is 20.9 Å². The maximum atomic E-state index is 12.2. The zero-order chi connectivity index (χ0) is 17.0. The zero-order valence-corrected chi connectivity index (χ0v) is 13.4. The minimum absolute atomic E-state index is 0.0163. The Labute approximate surface area is 140 Å². The molecule has 0 saturated carbocycles. The highest BCUT2D eigenvalue weighted by atomic mass is 16.5. The van der Waals surface area contributed by atoms with Gasteiger partial charge in [0.2, 0.25) is 5.91 Å². The summed E-state index contributed by atoms with van der Waals surface area (Å²) >= 11 is 0. The topological polar surface area (TPSA) is 87.7 Å². The first-order chi connectivity index (χ1) is 11.6. The van der Waals surface area contributed by atoms with Gasteiger partial charge in [-0.3, -0.25) is 14.9 Å². The lowest BCUT2D eigenvalue weighted by atomic mass is 9.87. The molecule has 0 bridgehead atoms. The molecular weight excluding hydrogens is 310 g/mol. The Balaban J connectivity index is 1.39. The smallest absolute Gasteiger partial charge is 0.322 e. The van der Waals surface area contributed by atoms with Crippen molar-refractivity contribution in [1.82, 2.24) is 15.5 Å². The number of carbonyl (C=O) groups is 3. The van der Waals surface area contributed by atoms with Crippen LogP contribution >= 0.6 is 0 Å². The third kappa shape index (κ3) is 3.56. The summed E-state index contributed by atoms with van der Waals surface area (Å²) in [5.74, 6) is -0.270. The Kier molecular flexibility index (Phi) is 4.80. The van der Waals surface area contributed by atoms with Crippen LogP contribution in [0.5, 0.6) is 0 Å². The molecule has 2 N–H and O–H groups in total. The summed E-state index contributed by atoms with van der Waals surface area (Å²) in [5.41, 5.74) is 0.241. The maximum Gasteiger partial charge on any atom is 0.322 e. The Hall–Kier alpha value is -2.41. The van der Waals surface area contributed by atoms with Crippen LogP contribution in [0.3, 0.4) is 0 Å². The zero-order valence-electron chi connectivity index (χ0n) is 13.4. The fourth-order valence-corrected chi connectivity index (χ4v) is 3.10. The highest BCUT2D eigenvalue weighted by Crippen LogP contribution is 2.25. The van der Waals surface area contributed by atoms with Crippen LogP contribution < -0.4 is 10.6 Å². The number of urea groups is 1. The second-order valence-corrected chi connectivity index (χ2v) is 6.16. The number of benzene rings is 1. The van der Waals surface area contributed by atoms with Gasteiger partial charge in [-0.25, -0.2) is 4.79 Å². The number of likely N-dealkylation sites (tertiary alicyclic amines) is 1. The van der Waals surface area contributed by atoms with E-state index in [1.807, 2.05) is 30.3 Å². The maximum absolute atomic E-state index is 12.2. The molecule has 3 rings (SSSR count). The summed E-state index contributed by atoms with van der Waals surface area (Å²) in [7, 11) is 0. The van der Waals surface area contributed by atoms with Crippen LogP contribution in [-0.4, -0.2) is 48.0 Å². The molecule has 2 aliphatic heterocycles. The van der Waals surface area contributed by atoms with Gasteiger partial charge in [0.05, 0.1) is 19.6 Å². The van der Waals surface area contributed by atoms with E-state index in [2.05, 4.69) is 10.6 Å². The van der Waals surface area contributed by atoms with Gasteiger partial charge in [0.25, 0.3) is 5.91 Å². The van der Waals surface area contributed by atoms with Gasteiger partial charge in [0.15, 0.2) is 0 Å². The van der Waals surface area contributed by atoms with Crippen molar-refractivity contribution in [2.75, 3.05) is 19.7 Å². The highest BCUT2D eigenvalue weighted by molar-refractivity contribution is 6.07. The number of hydrogen-bond donors (Lipinski definition) is 2. The van der Waals surface area contributed by atoms with Crippen molar-refractivity contribution >= 4 is 17.8 Å². The summed E-state index contributed by atoms with van der Waals surface area (Å²) in [6.07, 6.45) is 1.21. The van der Waals surface area contributed by atoms with E-state index in [0.29, 0.717) is 45.6 Å². The molecule has 4 amide bonds. The van der Waals surface area contributed by atoms with Crippen molar-refractivity contribution in [2.45, 2.75) is 31.4 Å². The minimum Gasteiger partial charge on any atom is -0.376 e. The van der Waals surface area contributed by atoms with E-state index in [4.69, 9.17) is 4.74 Å². The summed E-state index contributed by atoms with van der Waals surface area (Å²) < 4.78 is 5.54. The molecule has 1 spiro atoms. The van der Waals surface area contributed by atoms with Crippen molar-refractivity contribution in [1.29, 1.82) is 0 Å². The third-order valence-corrected chi connectivity index (χ3v) is 4.56. The summed E-state index contributed by atoms with van der Waals surface area (Å²) in [4.78, 5) is 37.1. The van der Waals surface area contributed by atoms with Gasteiger partial charge < -0.3 is 15.0 Å². The van der Waals surface area contributed by atoms with Gasteiger partial charge in [-0.15, -0.1) is 0 Å². The molecule has 7 nitrogen and oxygen atoms in total. The van der Waals surface area contributed by atoms with Gasteiger partial charge in [-0.2, -0.15) is 0 Å². The largest absolute Gasteiger partial charge is 0.376 e. The standard InChI is InChI=1S/C17H21N3O4/c21-14(6-11-24-12-13-4-2-1-3-5-13)20-9-7-17(8-10-20)15(22)18-16(23)19-17/h1-5H,6-12H2,(H2,18,19,22,23). The van der Waals surface area contributed by atoms with E-state index < -0.39 is 11.6 Å². The molecule has 2 aliphatic rings. The van der Waals surface area contributed by atoms with Crippen molar-refractivity contribution in [3.05, 3.63) is 35.9 Å². The first-order valence-electron chi connectivity index (χ1n) is 8.12. The highest BCUT2D eigenvalue weighted by Gasteiger charge is 2.48. The molecule has 0 aromatic heterocycles. The number of nitrogens with one attached hydrogen (secondary N) is 2. The SMILES string of the molecule is O=C1NC(=O)C2(CCN(C(=O)CCOCc3ccccc3)CC2)N1. The van der Waals surface area contributed by atoms with Crippen LogP contribution in [0.1, 0.15) is 24.8 Å². The van der Waals surface area contributed by atoms with Crippen LogP contribution in [0.25, 0.3) is 0 Å². The van der Waals surface area contributed by atoms with Crippen LogP contribution in [0.15, 0.2) is 30.3 Å². The number of ether oxygens (including phenoxy) is 1. The normalized spacial score (nSPS) is 19.2. The van der Waals surface area contributed by atoms with Gasteiger partial charge >= 0.3 is 6.03 Å². The fourth-order valence-electron chi connectivity index (χ4n) is 3.10. The molecule has 0 aliphatic carbocycles. The molecule has 0 unspecified atom stereocenters. The van der Waals surface area contributed by atoms with Gasteiger partial charge in [0.1, 0.15) is 5.54 Å². The molecule has 24 heavy (non-hydrogen) atoms. The lowest BCUT2D eigenvalue weighted by molar-refractivity contribution is -0.136. The quantitative estimate of drug-likeness (QED) is 0.617. The Morgan fingerprint density at radius 1 is 1.17 bits per heavy atom. The van der Waals surface area contributed by atoms with Crippen molar-refractivity contribution < 1.29 is 19.1 Å². The predicted molar refractivity (Wildman–Crippen MR) is 85.9 cm³/mol. The molecule has 2 saturated heterocycles. The second kappa shape index (κ2) is 7.00. The predicted octanol–water partition coefficient (Wildman–Crippen LogP) is 0.794. The second-order valence-electron chi connectivity index (χ2n) is 6.16. The third-order valence-electron chi connectivity index (χ3n) is 4.56. The van der Waals surface area contributed by atoms with Crippen molar-refractivity contribution in [3.63, 3.8) is 0 Å². The number of amides is 4. The molecule has 0 radical (unpaired) electrons. The van der Waals surface area contributed by atoms with Crippen molar-refractivity contribution in [3.8, 4) is 0 Å². The summed E-state index contributed by atoms with van der Waals surface area (Å²) in [6.45, 7) is 1.78. The number of imide groups is 1. The molecule has 2 fully saturated rings. The van der Waals surface area contributed by atoms with E-state index in [0.717, 1.165) is 5.56 Å². The Morgan fingerprint density at radius 3 is 2.50 bits per heavy atom. The molecule has 1 aromatic rings. The lowest BCUT2D eigenvalue weighted by Crippen LogP contribution is -2.55. The van der Waals surface area contributed by atoms with E-state index >= 15 is 0 Å². The number of hydrogen-bond acceptors (Lipinski definition) is 4. The van der Waals surface area contributed by atoms with E-state index in [-0.39, 0.29) is 11.8 Å². The first-order valence-corrected chi connectivity index (χ1v) is 8.12. The molecule has 128 valence electrons. The Bertz CT molecular complexity index is 624. The van der Waals surface area contributed by atoms with E-state index in [1.165, 1.54) is 0 Å². The van der Waals surface area contributed by atoms with E-state index in [9.17, 15) is 14.4 Å². The fraction of sp³-hybridized carbons (Fsp3) is 0.471. The van der Waals surface area contributed by atoms with Crippen LogP contribution in [0, 0.1) is 0 Å². The number of piperidine rings is 1. The molecule has 0 atom stereocenters. The average Bonchev–Trinajstić information content (AvgIpc) is 2.86. The molecule has 1 aromatic carbocycles. The monoisotopic (exact) mass is 331 g/mol. The van der Waals surface area contributed by atoms with Crippen LogP contribution in [0.2, 0.25) is 0 Å². The van der Waals surface area contributed by atoms with Gasteiger partial charge in [-0.05, 0) is 18.4 Å². The van der Waals surface area contributed by atoms with Gasteiger partial charge in [0, 0.05) is 13.1 Å². The average molecular weight is 331 g/mol. The summed E-state index contributed by atoms with van der Waals surface area (Å²) in [6, 6.07) is 9.36. The van der Waals surface area contributed by atoms with Gasteiger partial charge in [-0.1, -0.05) is 30.3 Å². The van der Waals surface area contributed by atoms with Crippen LogP contribution in [0.4, 0.5) is 4.79 Å². The lowest BCUT2D eigenvalue weighted by Gasteiger charge is -2.37. The van der Waals surface area contributed by atoms with E-state index in [1.54, 1.807) is 4.90 Å². The number of carbonyl (C=O) groups excluding carboxylic acids is 3. The van der Waals surface area contributed by atoms with Crippen molar-refractivity contribution in [2.24, 2.45) is 0 Å². The molecule has 7 heteroatoms. The summed E-state index contributed by atoms with van der Waals surface area (Å²) in [5, 5.41) is 4.95. The minimum atomic E-state index is -0.836. The Morgan fingerprint density at radius 2 is 1.88 bits per heavy atom. The molecular formula is C17H21N3O4. The number of rotatable bonds is 5. The molecule has 2 heterocycles.